The highest BCUT2D eigenvalue weighted by atomic mass is 35.5. The third-order valence-electron chi connectivity index (χ3n) is 3.65. The summed E-state index contributed by atoms with van der Waals surface area (Å²) in [6.07, 6.45) is 0. The van der Waals surface area contributed by atoms with Gasteiger partial charge in [0.05, 0.1) is 17.1 Å². The summed E-state index contributed by atoms with van der Waals surface area (Å²) in [4.78, 5) is 4.63. The number of nitrogens with zero attached hydrogens (tertiary/aromatic N) is 3. The quantitative estimate of drug-likeness (QED) is 0.670. The Morgan fingerprint density at radius 1 is 1.12 bits per heavy atom. The number of nitrogens with one attached hydrogen (secondary N) is 2. The van der Waals surface area contributed by atoms with Gasteiger partial charge in [-0.3, -0.25) is 0 Å². The third kappa shape index (κ3) is 3.14. The van der Waals surface area contributed by atoms with Crippen LogP contribution < -0.4 is 16.4 Å². The summed E-state index contributed by atoms with van der Waals surface area (Å²) in [5.41, 5.74) is 10.3. The second-order valence-electron chi connectivity index (χ2n) is 5.51. The lowest BCUT2D eigenvalue weighted by Crippen LogP contribution is -2.09. The molecule has 2 heterocycles. The number of pyridine rings is 1. The van der Waals surface area contributed by atoms with Gasteiger partial charge in [0.25, 0.3) is 0 Å². The zero-order valence-corrected chi connectivity index (χ0v) is 14.5. The standard InChI is InChI=1S/C17H19ClN6/c1-10-8-11(2)24(23-10)15-9-14(20-3)16(19)17(22-15)21-13-6-4-12(18)5-7-13/h4-9H,19H2,1-3H3,(H2,20,21,22). The van der Waals surface area contributed by atoms with E-state index in [9.17, 15) is 0 Å². The Balaban J connectivity index is 2.06. The van der Waals surface area contributed by atoms with Crippen LogP contribution in [0.3, 0.4) is 0 Å². The largest absolute Gasteiger partial charge is 0.394 e. The fourth-order valence-electron chi connectivity index (χ4n) is 2.48. The predicted octanol–water partition coefficient (Wildman–Crippen LogP) is 3.91. The van der Waals surface area contributed by atoms with Crippen molar-refractivity contribution in [3.8, 4) is 5.82 Å². The second kappa shape index (κ2) is 6.41. The van der Waals surface area contributed by atoms with Crippen molar-refractivity contribution in [3.63, 3.8) is 0 Å². The molecule has 4 N–H and O–H groups in total. The zero-order chi connectivity index (χ0) is 17.3. The Kier molecular flexibility index (Phi) is 4.31. The number of nitrogen functional groups attached to an aromatic ring is 1. The van der Waals surface area contributed by atoms with Crippen LogP contribution in [0.1, 0.15) is 11.4 Å². The van der Waals surface area contributed by atoms with E-state index < -0.39 is 0 Å². The van der Waals surface area contributed by atoms with E-state index in [0.717, 1.165) is 22.8 Å². The number of hydrogen-bond acceptors (Lipinski definition) is 5. The number of aromatic nitrogens is 3. The van der Waals surface area contributed by atoms with Crippen molar-refractivity contribution in [2.75, 3.05) is 23.4 Å². The highest BCUT2D eigenvalue weighted by molar-refractivity contribution is 6.30. The molecule has 1 aromatic carbocycles. The van der Waals surface area contributed by atoms with Crippen LogP contribution in [0.25, 0.3) is 5.82 Å². The van der Waals surface area contributed by atoms with Gasteiger partial charge in [-0.1, -0.05) is 11.6 Å². The number of aryl methyl sites for hydroxylation is 2. The number of rotatable bonds is 4. The van der Waals surface area contributed by atoms with Gasteiger partial charge in [-0.2, -0.15) is 5.10 Å². The highest BCUT2D eigenvalue weighted by Crippen LogP contribution is 2.30. The van der Waals surface area contributed by atoms with E-state index in [2.05, 4.69) is 20.7 Å². The summed E-state index contributed by atoms with van der Waals surface area (Å²) in [6.45, 7) is 3.94. The Morgan fingerprint density at radius 2 is 1.83 bits per heavy atom. The van der Waals surface area contributed by atoms with Crippen LogP contribution in [0.5, 0.6) is 0 Å². The lowest BCUT2D eigenvalue weighted by Gasteiger charge is -2.15. The van der Waals surface area contributed by atoms with Crippen molar-refractivity contribution in [3.05, 3.63) is 52.8 Å². The van der Waals surface area contributed by atoms with E-state index in [1.807, 2.05) is 57.3 Å². The topological polar surface area (TPSA) is 80.8 Å². The molecular formula is C17H19ClN6. The molecule has 0 amide bonds. The molecular weight excluding hydrogens is 324 g/mol. The normalized spacial score (nSPS) is 10.7. The van der Waals surface area contributed by atoms with E-state index in [1.165, 1.54) is 0 Å². The van der Waals surface area contributed by atoms with E-state index in [-0.39, 0.29) is 0 Å². The maximum absolute atomic E-state index is 6.22. The van der Waals surface area contributed by atoms with Gasteiger partial charge in [0.2, 0.25) is 0 Å². The van der Waals surface area contributed by atoms with Crippen LogP contribution in [-0.4, -0.2) is 21.8 Å². The summed E-state index contributed by atoms with van der Waals surface area (Å²) >= 11 is 5.93. The predicted molar refractivity (Wildman–Crippen MR) is 99.5 cm³/mol. The lowest BCUT2D eigenvalue weighted by molar-refractivity contribution is 0.808. The molecule has 0 bridgehead atoms. The van der Waals surface area contributed by atoms with Gasteiger partial charge < -0.3 is 16.4 Å². The van der Waals surface area contributed by atoms with Crippen LogP contribution in [0.15, 0.2) is 36.4 Å². The van der Waals surface area contributed by atoms with Crippen LogP contribution in [-0.2, 0) is 0 Å². The first kappa shape index (κ1) is 16.1. The number of benzene rings is 1. The minimum Gasteiger partial charge on any atom is -0.394 e. The fraction of sp³-hybridized carbons (Fsp3) is 0.176. The first-order valence-electron chi connectivity index (χ1n) is 7.52. The van der Waals surface area contributed by atoms with Gasteiger partial charge in [0.15, 0.2) is 11.6 Å². The summed E-state index contributed by atoms with van der Waals surface area (Å²) in [5, 5.41) is 11.5. The van der Waals surface area contributed by atoms with E-state index >= 15 is 0 Å². The highest BCUT2D eigenvalue weighted by Gasteiger charge is 2.13. The van der Waals surface area contributed by atoms with Crippen LogP contribution >= 0.6 is 11.6 Å². The Hall–Kier alpha value is -2.73. The van der Waals surface area contributed by atoms with Crippen molar-refractivity contribution < 1.29 is 0 Å². The van der Waals surface area contributed by atoms with Gasteiger partial charge in [-0.05, 0) is 44.2 Å². The maximum Gasteiger partial charge on any atom is 0.158 e. The third-order valence-corrected chi connectivity index (χ3v) is 3.90. The average molecular weight is 343 g/mol. The lowest BCUT2D eigenvalue weighted by atomic mass is 10.2. The summed E-state index contributed by atoms with van der Waals surface area (Å²) in [5.74, 6) is 1.25. The van der Waals surface area contributed by atoms with Crippen molar-refractivity contribution in [2.24, 2.45) is 0 Å². The molecule has 0 spiro atoms. The van der Waals surface area contributed by atoms with Crippen molar-refractivity contribution in [2.45, 2.75) is 13.8 Å². The molecule has 124 valence electrons. The number of nitrogens with two attached hydrogens (primary N) is 1. The molecule has 0 aliphatic carbocycles. The van der Waals surface area contributed by atoms with Crippen molar-refractivity contribution in [1.29, 1.82) is 0 Å². The average Bonchev–Trinajstić information content (AvgIpc) is 2.90. The molecule has 6 nitrogen and oxygen atoms in total. The molecule has 0 atom stereocenters. The number of anilines is 4. The fourth-order valence-corrected chi connectivity index (χ4v) is 2.61. The SMILES string of the molecule is CNc1cc(-n2nc(C)cc2C)nc(Nc2ccc(Cl)cc2)c1N. The zero-order valence-electron chi connectivity index (χ0n) is 13.8. The molecule has 0 aliphatic rings. The van der Waals surface area contributed by atoms with E-state index in [4.69, 9.17) is 17.3 Å². The minimum absolute atomic E-state index is 0.540. The first-order valence-corrected chi connectivity index (χ1v) is 7.90. The molecule has 0 aliphatic heterocycles. The Morgan fingerprint density at radius 3 is 2.42 bits per heavy atom. The molecule has 0 radical (unpaired) electrons. The Bertz CT molecular complexity index is 870. The van der Waals surface area contributed by atoms with Crippen molar-refractivity contribution in [1.82, 2.24) is 14.8 Å². The minimum atomic E-state index is 0.540. The second-order valence-corrected chi connectivity index (χ2v) is 5.95. The summed E-state index contributed by atoms with van der Waals surface area (Å²) < 4.78 is 1.79. The monoisotopic (exact) mass is 342 g/mol. The van der Waals surface area contributed by atoms with Crippen molar-refractivity contribution >= 4 is 34.5 Å². The number of hydrogen-bond donors (Lipinski definition) is 3. The molecule has 0 unspecified atom stereocenters. The molecule has 24 heavy (non-hydrogen) atoms. The smallest absolute Gasteiger partial charge is 0.158 e. The van der Waals surface area contributed by atoms with Crippen LogP contribution in [0.4, 0.5) is 22.9 Å². The first-order chi connectivity index (χ1) is 11.5. The van der Waals surface area contributed by atoms with Gasteiger partial charge in [0, 0.05) is 29.5 Å². The summed E-state index contributed by atoms with van der Waals surface area (Å²) in [7, 11) is 1.82. The molecule has 3 aromatic rings. The molecule has 0 saturated heterocycles. The Labute approximate surface area is 145 Å². The van der Waals surface area contributed by atoms with Gasteiger partial charge in [0.1, 0.15) is 0 Å². The number of halogens is 1. The van der Waals surface area contributed by atoms with E-state index in [1.54, 1.807) is 4.68 Å². The molecule has 0 saturated carbocycles. The van der Waals surface area contributed by atoms with Gasteiger partial charge >= 0.3 is 0 Å². The molecule has 3 rings (SSSR count). The van der Waals surface area contributed by atoms with Gasteiger partial charge in [-0.25, -0.2) is 9.67 Å². The molecule has 0 fully saturated rings. The van der Waals surface area contributed by atoms with Crippen LogP contribution in [0.2, 0.25) is 5.02 Å². The van der Waals surface area contributed by atoms with E-state index in [0.29, 0.717) is 22.3 Å². The van der Waals surface area contributed by atoms with Gasteiger partial charge in [-0.15, -0.1) is 0 Å². The maximum atomic E-state index is 6.22. The summed E-state index contributed by atoms with van der Waals surface area (Å²) in [6, 6.07) is 11.2. The molecule has 7 heteroatoms. The molecule has 2 aromatic heterocycles. The van der Waals surface area contributed by atoms with Crippen LogP contribution in [0, 0.1) is 13.8 Å².